The molecular formula is C26H28Cl2N4O4. The number of hydrogen-bond donors (Lipinski definition) is 1. The minimum Gasteiger partial charge on any atom is -0.386 e. The molecule has 5 rings (SSSR count). The molecule has 2 aromatic carbocycles. The molecule has 10 heteroatoms. The average molecular weight is 531 g/mol. The number of benzene rings is 2. The van der Waals surface area contributed by atoms with Crippen LogP contribution in [-0.4, -0.2) is 64.4 Å². The molecule has 1 amide bonds. The maximum Gasteiger partial charge on any atom is 0.219 e. The van der Waals surface area contributed by atoms with Crippen LogP contribution in [0.15, 0.2) is 61.2 Å². The zero-order valence-electron chi connectivity index (χ0n) is 19.9. The van der Waals surface area contributed by atoms with Gasteiger partial charge < -0.3 is 28.9 Å². The molecule has 2 unspecified atom stereocenters. The fourth-order valence-electron chi connectivity index (χ4n) is 4.79. The van der Waals surface area contributed by atoms with Crippen molar-refractivity contribution < 1.29 is 19.4 Å². The lowest BCUT2D eigenvalue weighted by Gasteiger charge is -2.35. The lowest BCUT2D eigenvalue weighted by Crippen LogP contribution is -2.48. The van der Waals surface area contributed by atoms with E-state index in [1.165, 1.54) is 0 Å². The van der Waals surface area contributed by atoms with Gasteiger partial charge in [0, 0.05) is 61.8 Å². The van der Waals surface area contributed by atoms with Crippen LogP contribution in [-0.2, 0) is 26.6 Å². The number of halogens is 2. The maximum absolute atomic E-state index is 11.6. The lowest BCUT2D eigenvalue weighted by molar-refractivity contribution is -0.196. The monoisotopic (exact) mass is 530 g/mol. The highest BCUT2D eigenvalue weighted by atomic mass is 35.5. The van der Waals surface area contributed by atoms with Gasteiger partial charge in [-0.1, -0.05) is 41.4 Å². The number of ether oxygens (including phenoxy) is 2. The minimum absolute atomic E-state index is 0.107. The number of piperazine rings is 1. The van der Waals surface area contributed by atoms with Gasteiger partial charge in [-0.15, -0.1) is 0 Å². The minimum atomic E-state index is -1.20. The van der Waals surface area contributed by atoms with E-state index in [2.05, 4.69) is 9.88 Å². The van der Waals surface area contributed by atoms with Crippen LogP contribution in [0.3, 0.4) is 0 Å². The van der Waals surface area contributed by atoms with Crippen LogP contribution in [0, 0.1) is 0 Å². The fraction of sp³-hybridized carbons (Fsp3) is 0.385. The smallest absolute Gasteiger partial charge is 0.219 e. The molecule has 1 aromatic heterocycles. The number of carbonyl (C=O) groups is 1. The van der Waals surface area contributed by atoms with Crippen LogP contribution < -0.4 is 4.90 Å². The second kappa shape index (κ2) is 10.4. The quantitative estimate of drug-likeness (QED) is 0.521. The SMILES string of the molecule is CC(=O)N1CCN(c2ccc(C(O)C3CO[C@](Cn4ccnc4)(c4ccc(Cl)cc4Cl)O3)cc2)CC1. The van der Waals surface area contributed by atoms with E-state index in [9.17, 15) is 9.90 Å². The van der Waals surface area contributed by atoms with Crippen molar-refractivity contribution in [1.29, 1.82) is 0 Å². The molecule has 8 nitrogen and oxygen atoms in total. The summed E-state index contributed by atoms with van der Waals surface area (Å²) in [6, 6.07) is 13.0. The molecule has 2 aliphatic rings. The van der Waals surface area contributed by atoms with Gasteiger partial charge in [-0.05, 0) is 29.8 Å². The molecule has 0 spiro atoms. The van der Waals surface area contributed by atoms with E-state index in [1.807, 2.05) is 39.9 Å². The summed E-state index contributed by atoms with van der Waals surface area (Å²) in [5.41, 5.74) is 2.42. The van der Waals surface area contributed by atoms with E-state index in [4.69, 9.17) is 32.7 Å². The van der Waals surface area contributed by atoms with Crippen LogP contribution >= 0.6 is 23.2 Å². The largest absolute Gasteiger partial charge is 0.386 e. The number of aliphatic hydroxyl groups is 1. The van der Waals surface area contributed by atoms with Gasteiger partial charge in [-0.25, -0.2) is 4.98 Å². The van der Waals surface area contributed by atoms with Gasteiger partial charge in [-0.3, -0.25) is 4.79 Å². The number of rotatable bonds is 6. The van der Waals surface area contributed by atoms with Gasteiger partial charge in [-0.2, -0.15) is 0 Å². The fourth-order valence-corrected chi connectivity index (χ4v) is 5.34. The third-order valence-electron chi connectivity index (χ3n) is 6.79. The molecule has 0 aliphatic carbocycles. The van der Waals surface area contributed by atoms with Crippen molar-refractivity contribution >= 4 is 34.8 Å². The Morgan fingerprint density at radius 3 is 2.56 bits per heavy atom. The van der Waals surface area contributed by atoms with Crippen molar-refractivity contribution in [3.63, 3.8) is 0 Å². The highest BCUT2D eigenvalue weighted by Gasteiger charge is 2.47. The predicted octanol–water partition coefficient (Wildman–Crippen LogP) is 3.86. The number of aliphatic hydroxyl groups excluding tert-OH is 1. The summed E-state index contributed by atoms with van der Waals surface area (Å²) in [7, 11) is 0. The Labute approximate surface area is 219 Å². The zero-order valence-corrected chi connectivity index (χ0v) is 21.4. The molecule has 0 radical (unpaired) electrons. The van der Waals surface area contributed by atoms with Crippen molar-refractivity contribution in [1.82, 2.24) is 14.5 Å². The van der Waals surface area contributed by atoms with Crippen LogP contribution in [0.1, 0.15) is 24.2 Å². The highest BCUT2D eigenvalue weighted by molar-refractivity contribution is 6.35. The third-order valence-corrected chi connectivity index (χ3v) is 7.34. The molecule has 3 atom stereocenters. The van der Waals surface area contributed by atoms with Gasteiger partial charge in [0.15, 0.2) is 0 Å². The number of imidazole rings is 1. The van der Waals surface area contributed by atoms with E-state index >= 15 is 0 Å². The van der Waals surface area contributed by atoms with E-state index in [1.54, 1.807) is 37.6 Å². The Morgan fingerprint density at radius 1 is 1.17 bits per heavy atom. The van der Waals surface area contributed by atoms with E-state index in [0.717, 1.165) is 24.3 Å². The van der Waals surface area contributed by atoms with Gasteiger partial charge in [0.05, 0.1) is 24.5 Å². The summed E-state index contributed by atoms with van der Waals surface area (Å²) in [5.74, 6) is -1.10. The van der Waals surface area contributed by atoms with E-state index < -0.39 is 18.0 Å². The Hall–Kier alpha value is -2.62. The first-order chi connectivity index (χ1) is 17.3. The summed E-state index contributed by atoms with van der Waals surface area (Å²) in [5, 5.41) is 12.1. The second-order valence-corrected chi connectivity index (χ2v) is 9.95. The number of anilines is 1. The summed E-state index contributed by atoms with van der Waals surface area (Å²) in [6.07, 6.45) is 3.67. The first kappa shape index (κ1) is 25.0. The Balaban J connectivity index is 1.32. The molecule has 0 saturated carbocycles. The molecular weight excluding hydrogens is 503 g/mol. The van der Waals surface area contributed by atoms with Crippen molar-refractivity contribution in [3.8, 4) is 0 Å². The molecule has 3 aromatic rings. The summed E-state index contributed by atoms with van der Waals surface area (Å²) < 4.78 is 14.5. The number of amides is 1. The Morgan fingerprint density at radius 2 is 1.92 bits per heavy atom. The molecule has 190 valence electrons. The third kappa shape index (κ3) is 5.10. The standard InChI is InChI=1S/C26H28Cl2N4O4/c1-18(33)31-10-12-32(13-11-31)21-5-2-19(3-6-21)25(34)24-15-35-26(36-24,16-30-9-8-29-17-30)22-7-4-20(27)14-23(22)28/h2-9,14,17,24-25,34H,10-13,15-16H2,1H3/t24?,25?,26-/m0/s1. The van der Waals surface area contributed by atoms with Crippen molar-refractivity contribution in [2.24, 2.45) is 0 Å². The normalized spacial score (nSPS) is 23.2. The summed E-state index contributed by atoms with van der Waals surface area (Å²) in [4.78, 5) is 19.8. The number of hydrogen-bond acceptors (Lipinski definition) is 6. The maximum atomic E-state index is 11.6. The predicted molar refractivity (Wildman–Crippen MR) is 137 cm³/mol. The summed E-state index contributed by atoms with van der Waals surface area (Å²) >= 11 is 12.7. The molecule has 36 heavy (non-hydrogen) atoms. The van der Waals surface area contributed by atoms with Crippen molar-refractivity contribution in [3.05, 3.63) is 82.4 Å². The molecule has 2 saturated heterocycles. The average Bonchev–Trinajstić information content (AvgIpc) is 3.55. The first-order valence-electron chi connectivity index (χ1n) is 11.9. The van der Waals surface area contributed by atoms with Crippen LogP contribution in [0.25, 0.3) is 0 Å². The van der Waals surface area contributed by atoms with E-state index in [-0.39, 0.29) is 12.5 Å². The van der Waals surface area contributed by atoms with Crippen LogP contribution in [0.5, 0.6) is 0 Å². The molecule has 1 N–H and O–H groups in total. The first-order valence-corrected chi connectivity index (χ1v) is 12.6. The second-order valence-electron chi connectivity index (χ2n) is 9.11. The Bertz CT molecular complexity index is 1200. The van der Waals surface area contributed by atoms with Crippen LogP contribution in [0.2, 0.25) is 10.0 Å². The topological polar surface area (TPSA) is 80.1 Å². The molecule has 2 fully saturated rings. The number of nitrogens with zero attached hydrogens (tertiary/aromatic N) is 4. The zero-order chi connectivity index (χ0) is 25.3. The molecule has 2 aliphatic heterocycles. The van der Waals surface area contributed by atoms with Crippen LogP contribution in [0.4, 0.5) is 5.69 Å². The van der Waals surface area contributed by atoms with Gasteiger partial charge in [0.2, 0.25) is 11.7 Å². The van der Waals surface area contributed by atoms with Crippen molar-refractivity contribution in [2.45, 2.75) is 31.5 Å². The molecule has 3 heterocycles. The lowest BCUT2D eigenvalue weighted by atomic mass is 10.0. The number of aromatic nitrogens is 2. The summed E-state index contributed by atoms with van der Waals surface area (Å²) in [6.45, 7) is 5.07. The molecule has 0 bridgehead atoms. The van der Waals surface area contributed by atoms with Gasteiger partial charge >= 0.3 is 0 Å². The van der Waals surface area contributed by atoms with E-state index in [0.29, 0.717) is 35.2 Å². The number of carbonyl (C=O) groups excluding carboxylic acids is 1. The Kier molecular flexibility index (Phi) is 7.23. The highest BCUT2D eigenvalue weighted by Crippen LogP contribution is 2.43. The van der Waals surface area contributed by atoms with Gasteiger partial charge in [0.25, 0.3) is 0 Å². The van der Waals surface area contributed by atoms with Gasteiger partial charge in [0.1, 0.15) is 12.2 Å². The van der Waals surface area contributed by atoms with Crippen molar-refractivity contribution in [2.75, 3.05) is 37.7 Å².